The van der Waals surface area contributed by atoms with Gasteiger partial charge in [0, 0.05) is 18.6 Å². The minimum absolute atomic E-state index is 0.0588. The lowest BCUT2D eigenvalue weighted by molar-refractivity contribution is 0.0344. The predicted molar refractivity (Wildman–Crippen MR) is 76.7 cm³/mol. The molecule has 0 unspecified atom stereocenters. The molecule has 1 saturated heterocycles. The molecule has 0 radical (unpaired) electrons. The molecule has 19 heavy (non-hydrogen) atoms. The molecule has 2 aromatic rings. The van der Waals surface area contributed by atoms with Crippen molar-refractivity contribution in [1.82, 2.24) is 0 Å². The average molecular weight is 256 g/mol. The van der Waals surface area contributed by atoms with Crippen LogP contribution in [0.3, 0.4) is 0 Å². The van der Waals surface area contributed by atoms with Crippen LogP contribution < -0.4 is 5.46 Å². The van der Waals surface area contributed by atoms with E-state index in [2.05, 4.69) is 13.8 Å². The molecule has 0 amide bonds. The quantitative estimate of drug-likeness (QED) is 0.796. The Labute approximate surface area is 113 Å². The van der Waals surface area contributed by atoms with Crippen molar-refractivity contribution in [3.8, 4) is 5.75 Å². The number of fused-ring (bicyclic) bond motifs is 1. The first-order chi connectivity index (χ1) is 9.05. The molecule has 3 rings (SSSR count). The molecule has 1 N–H and O–H groups in total. The van der Waals surface area contributed by atoms with E-state index in [-0.39, 0.29) is 18.3 Å². The van der Waals surface area contributed by atoms with Crippen molar-refractivity contribution < 1.29 is 14.4 Å². The number of rotatable bonds is 1. The monoisotopic (exact) mass is 256 g/mol. The SMILES string of the molecule is CC1(C)COB(c2cccc3ccc(O)cc23)OC1. The molecule has 1 fully saturated rings. The lowest BCUT2D eigenvalue weighted by Gasteiger charge is -2.33. The molecular formula is C15H17BO3. The maximum Gasteiger partial charge on any atom is 0.494 e. The van der Waals surface area contributed by atoms with E-state index in [1.807, 2.05) is 24.3 Å². The third-order valence-corrected chi connectivity index (χ3v) is 3.40. The summed E-state index contributed by atoms with van der Waals surface area (Å²) >= 11 is 0. The van der Waals surface area contributed by atoms with Crippen LogP contribution in [-0.4, -0.2) is 25.4 Å². The topological polar surface area (TPSA) is 38.7 Å². The lowest BCUT2D eigenvalue weighted by Crippen LogP contribution is -2.47. The highest BCUT2D eigenvalue weighted by atomic mass is 16.6. The van der Waals surface area contributed by atoms with E-state index in [1.165, 1.54) is 0 Å². The molecule has 1 aliphatic heterocycles. The van der Waals surface area contributed by atoms with E-state index in [9.17, 15) is 5.11 Å². The van der Waals surface area contributed by atoms with Gasteiger partial charge >= 0.3 is 7.12 Å². The maximum absolute atomic E-state index is 9.65. The first kappa shape index (κ1) is 12.5. The molecule has 4 heteroatoms. The van der Waals surface area contributed by atoms with Gasteiger partial charge in [0.25, 0.3) is 0 Å². The summed E-state index contributed by atoms with van der Waals surface area (Å²) in [5.41, 5.74) is 1.03. The Kier molecular flexibility index (Phi) is 2.99. The van der Waals surface area contributed by atoms with Crippen LogP contribution >= 0.6 is 0 Å². The number of hydrogen-bond donors (Lipinski definition) is 1. The second-order valence-electron chi connectivity index (χ2n) is 5.87. The fourth-order valence-electron chi connectivity index (χ4n) is 2.36. The van der Waals surface area contributed by atoms with Gasteiger partial charge in [0.15, 0.2) is 0 Å². The van der Waals surface area contributed by atoms with Gasteiger partial charge in [-0.2, -0.15) is 0 Å². The van der Waals surface area contributed by atoms with E-state index in [0.717, 1.165) is 16.2 Å². The summed E-state index contributed by atoms with van der Waals surface area (Å²) in [5, 5.41) is 11.7. The highest BCUT2D eigenvalue weighted by Crippen LogP contribution is 2.24. The summed E-state index contributed by atoms with van der Waals surface area (Å²) in [6, 6.07) is 11.4. The molecule has 0 spiro atoms. The highest BCUT2D eigenvalue weighted by molar-refractivity contribution is 6.64. The van der Waals surface area contributed by atoms with Crippen LogP contribution in [0.4, 0.5) is 0 Å². The standard InChI is InChI=1S/C15H17BO3/c1-15(2)9-18-16(19-10-15)14-5-3-4-11-6-7-12(17)8-13(11)14/h3-8,17H,9-10H2,1-2H3. The summed E-state index contributed by atoms with van der Waals surface area (Å²) in [5.74, 6) is 0.260. The van der Waals surface area contributed by atoms with Crippen molar-refractivity contribution in [2.75, 3.05) is 13.2 Å². The van der Waals surface area contributed by atoms with Gasteiger partial charge < -0.3 is 14.4 Å². The van der Waals surface area contributed by atoms with Crippen molar-refractivity contribution in [3.05, 3.63) is 36.4 Å². The first-order valence-corrected chi connectivity index (χ1v) is 6.50. The number of phenols is 1. The highest BCUT2D eigenvalue weighted by Gasteiger charge is 2.34. The Hall–Kier alpha value is -1.52. The molecule has 0 aliphatic carbocycles. The number of aromatic hydroxyl groups is 1. The average Bonchev–Trinajstić information content (AvgIpc) is 2.38. The van der Waals surface area contributed by atoms with Gasteiger partial charge in [0.1, 0.15) is 5.75 Å². The van der Waals surface area contributed by atoms with Crippen molar-refractivity contribution in [2.45, 2.75) is 13.8 Å². The molecular weight excluding hydrogens is 239 g/mol. The summed E-state index contributed by atoms with van der Waals surface area (Å²) < 4.78 is 11.6. The van der Waals surface area contributed by atoms with Crippen LogP contribution in [0.25, 0.3) is 10.8 Å². The first-order valence-electron chi connectivity index (χ1n) is 6.50. The Morgan fingerprint density at radius 1 is 1.11 bits per heavy atom. The lowest BCUT2D eigenvalue weighted by atomic mass is 9.73. The van der Waals surface area contributed by atoms with Crippen molar-refractivity contribution in [3.63, 3.8) is 0 Å². The second kappa shape index (κ2) is 4.55. The van der Waals surface area contributed by atoms with E-state index < -0.39 is 0 Å². The van der Waals surface area contributed by atoms with E-state index in [1.54, 1.807) is 12.1 Å². The molecule has 0 bridgehead atoms. The van der Waals surface area contributed by atoms with Crippen LogP contribution in [0.1, 0.15) is 13.8 Å². The summed E-state index contributed by atoms with van der Waals surface area (Å²) in [4.78, 5) is 0. The van der Waals surface area contributed by atoms with Gasteiger partial charge in [-0.3, -0.25) is 0 Å². The van der Waals surface area contributed by atoms with Gasteiger partial charge in [-0.05, 0) is 28.4 Å². The van der Waals surface area contributed by atoms with Gasteiger partial charge in [-0.15, -0.1) is 0 Å². The fraction of sp³-hybridized carbons (Fsp3) is 0.333. The molecule has 0 saturated carbocycles. The van der Waals surface area contributed by atoms with Gasteiger partial charge in [-0.1, -0.05) is 38.1 Å². The number of hydrogen-bond acceptors (Lipinski definition) is 3. The van der Waals surface area contributed by atoms with Crippen LogP contribution in [0.2, 0.25) is 0 Å². The Balaban J connectivity index is 1.99. The second-order valence-corrected chi connectivity index (χ2v) is 5.87. The summed E-state index contributed by atoms with van der Waals surface area (Å²) in [7, 11) is -0.349. The molecule has 0 atom stereocenters. The van der Waals surface area contributed by atoms with Gasteiger partial charge in [-0.25, -0.2) is 0 Å². The largest absolute Gasteiger partial charge is 0.508 e. The molecule has 2 aromatic carbocycles. The van der Waals surface area contributed by atoms with Crippen LogP contribution in [0, 0.1) is 5.41 Å². The van der Waals surface area contributed by atoms with Crippen molar-refractivity contribution >= 4 is 23.4 Å². The minimum atomic E-state index is -0.349. The Morgan fingerprint density at radius 2 is 1.84 bits per heavy atom. The van der Waals surface area contributed by atoms with Crippen molar-refractivity contribution in [2.24, 2.45) is 5.41 Å². The van der Waals surface area contributed by atoms with E-state index >= 15 is 0 Å². The molecule has 98 valence electrons. The minimum Gasteiger partial charge on any atom is -0.508 e. The Morgan fingerprint density at radius 3 is 2.58 bits per heavy atom. The number of benzene rings is 2. The molecule has 0 aromatic heterocycles. The smallest absolute Gasteiger partial charge is 0.494 e. The zero-order valence-electron chi connectivity index (χ0n) is 11.2. The normalized spacial score (nSPS) is 18.7. The predicted octanol–water partition coefficient (Wildman–Crippen LogP) is 2.31. The zero-order valence-corrected chi connectivity index (χ0v) is 11.2. The third-order valence-electron chi connectivity index (χ3n) is 3.40. The fourth-order valence-corrected chi connectivity index (χ4v) is 2.36. The Bertz CT molecular complexity index is 599. The van der Waals surface area contributed by atoms with E-state index in [4.69, 9.17) is 9.31 Å². The number of phenolic OH excluding ortho intramolecular Hbond substituents is 1. The van der Waals surface area contributed by atoms with Crippen LogP contribution in [0.5, 0.6) is 5.75 Å². The van der Waals surface area contributed by atoms with Crippen LogP contribution in [-0.2, 0) is 9.31 Å². The van der Waals surface area contributed by atoms with Gasteiger partial charge in [0.2, 0.25) is 0 Å². The van der Waals surface area contributed by atoms with Crippen molar-refractivity contribution in [1.29, 1.82) is 0 Å². The van der Waals surface area contributed by atoms with Gasteiger partial charge in [0.05, 0.1) is 0 Å². The van der Waals surface area contributed by atoms with Crippen LogP contribution in [0.15, 0.2) is 36.4 Å². The molecule has 1 aliphatic rings. The third kappa shape index (κ3) is 2.46. The van der Waals surface area contributed by atoms with E-state index in [0.29, 0.717) is 13.2 Å². The zero-order chi connectivity index (χ0) is 13.5. The summed E-state index contributed by atoms with van der Waals surface area (Å²) in [6.07, 6.45) is 0. The molecule has 3 nitrogen and oxygen atoms in total. The maximum atomic E-state index is 9.65. The molecule has 1 heterocycles. The summed E-state index contributed by atoms with van der Waals surface area (Å²) in [6.45, 7) is 5.59.